The minimum Gasteiger partial charge on any atom is -0.375 e. The molecule has 7 nitrogen and oxygen atoms in total. The Balaban J connectivity index is 1.18. The number of carbonyl (C=O) groups is 1. The van der Waals surface area contributed by atoms with Crippen molar-refractivity contribution >= 4 is 5.78 Å². The van der Waals surface area contributed by atoms with Gasteiger partial charge in [0.15, 0.2) is 0 Å². The number of nitrogens with one attached hydrogen (secondary N) is 1. The monoisotopic (exact) mass is 508 g/mol. The second-order valence-electron chi connectivity index (χ2n) is 13.5. The van der Waals surface area contributed by atoms with Crippen molar-refractivity contribution in [1.82, 2.24) is 20.0 Å². The molecule has 3 fully saturated rings. The molecular formula is C29H56N4O3. The molecule has 210 valence electrons. The molecule has 2 heterocycles. The van der Waals surface area contributed by atoms with Crippen LogP contribution in [0.15, 0.2) is 0 Å². The van der Waals surface area contributed by atoms with Crippen molar-refractivity contribution in [3.8, 4) is 0 Å². The van der Waals surface area contributed by atoms with E-state index < -0.39 is 0 Å². The molecule has 1 aliphatic carbocycles. The van der Waals surface area contributed by atoms with E-state index in [0.717, 1.165) is 91.1 Å². The van der Waals surface area contributed by atoms with Gasteiger partial charge in [0.1, 0.15) is 5.78 Å². The zero-order chi connectivity index (χ0) is 26.2. The van der Waals surface area contributed by atoms with Crippen LogP contribution in [0.3, 0.4) is 0 Å². The number of piperazine rings is 1. The molecule has 0 bridgehead atoms. The lowest BCUT2D eigenvalue weighted by Gasteiger charge is -2.40. The molecule has 1 saturated carbocycles. The molecule has 2 saturated heterocycles. The Kier molecular flexibility index (Phi) is 11.7. The molecule has 0 aromatic heterocycles. The number of Topliss-reactive ketones (excluding diaryl/α,β-unsaturated/α-hetero) is 1. The van der Waals surface area contributed by atoms with E-state index >= 15 is 0 Å². The Labute approximate surface area is 221 Å². The molecule has 3 rings (SSSR count). The van der Waals surface area contributed by atoms with Gasteiger partial charge in [0.25, 0.3) is 0 Å². The van der Waals surface area contributed by atoms with Gasteiger partial charge >= 0.3 is 0 Å². The van der Waals surface area contributed by atoms with Crippen molar-refractivity contribution in [2.75, 3.05) is 72.1 Å². The predicted molar refractivity (Wildman–Crippen MR) is 148 cm³/mol. The summed E-state index contributed by atoms with van der Waals surface area (Å²) in [4.78, 5) is 20.0. The summed E-state index contributed by atoms with van der Waals surface area (Å²) in [5.41, 5.74) is 0.143. The van der Waals surface area contributed by atoms with Crippen molar-refractivity contribution in [3.05, 3.63) is 0 Å². The van der Waals surface area contributed by atoms with Gasteiger partial charge in [-0.2, -0.15) is 0 Å². The summed E-state index contributed by atoms with van der Waals surface area (Å²) in [7, 11) is 0. The zero-order valence-electron chi connectivity index (χ0n) is 24.3. The molecule has 1 N–H and O–H groups in total. The highest BCUT2D eigenvalue weighted by Gasteiger charge is 2.34. The van der Waals surface area contributed by atoms with E-state index in [4.69, 9.17) is 9.47 Å². The van der Waals surface area contributed by atoms with Gasteiger partial charge in [-0.15, -0.1) is 0 Å². The first kappa shape index (κ1) is 30.0. The van der Waals surface area contributed by atoms with Crippen molar-refractivity contribution in [1.29, 1.82) is 0 Å². The molecule has 0 atom stereocenters. The fraction of sp³-hybridized carbons (Fsp3) is 0.966. The molecular weight excluding hydrogens is 452 g/mol. The fourth-order valence-corrected chi connectivity index (χ4v) is 5.55. The lowest BCUT2D eigenvalue weighted by atomic mass is 9.78. The minimum absolute atomic E-state index is 0.0684. The topological polar surface area (TPSA) is 57.3 Å². The van der Waals surface area contributed by atoms with E-state index in [1.165, 1.54) is 13.0 Å². The summed E-state index contributed by atoms with van der Waals surface area (Å²) in [6, 6.07) is 0. The molecule has 0 unspecified atom stereocenters. The largest absolute Gasteiger partial charge is 0.375 e. The molecule has 0 amide bonds. The van der Waals surface area contributed by atoms with Crippen LogP contribution in [0.4, 0.5) is 0 Å². The number of carbonyl (C=O) groups excluding carboxylic acids is 1. The van der Waals surface area contributed by atoms with Gasteiger partial charge in [-0.05, 0) is 92.7 Å². The summed E-state index contributed by atoms with van der Waals surface area (Å²) in [6.07, 6.45) is 7.21. The third-order valence-electron chi connectivity index (χ3n) is 7.74. The van der Waals surface area contributed by atoms with Crippen LogP contribution in [0.25, 0.3) is 0 Å². The number of rotatable bonds is 13. The number of hydrogen-bond donors (Lipinski definition) is 1. The predicted octanol–water partition coefficient (Wildman–Crippen LogP) is 3.42. The molecule has 0 radical (unpaired) electrons. The highest BCUT2D eigenvalue weighted by atomic mass is 16.5. The van der Waals surface area contributed by atoms with Gasteiger partial charge < -0.3 is 19.7 Å². The SMILES string of the molecule is CC(C)(C)NCCCN1CCC(OC2CC(CC(=O)CN3CCN(CCOC(C)(C)C)CC3)C2)CC1. The quantitative estimate of drug-likeness (QED) is 0.383. The number of ether oxygens (including phenoxy) is 2. The number of piperidine rings is 1. The number of hydrogen-bond acceptors (Lipinski definition) is 7. The number of nitrogens with zero attached hydrogens (tertiary/aromatic N) is 3. The Morgan fingerprint density at radius 1 is 0.833 bits per heavy atom. The molecule has 0 aromatic carbocycles. The van der Waals surface area contributed by atoms with Crippen molar-refractivity contribution in [3.63, 3.8) is 0 Å². The van der Waals surface area contributed by atoms with Crippen LogP contribution < -0.4 is 5.32 Å². The summed E-state index contributed by atoms with van der Waals surface area (Å²) >= 11 is 0. The Hall–Kier alpha value is -0.570. The zero-order valence-corrected chi connectivity index (χ0v) is 24.3. The van der Waals surface area contributed by atoms with E-state index in [9.17, 15) is 4.79 Å². The molecule has 0 aromatic rings. The maximum absolute atomic E-state index is 12.6. The van der Waals surface area contributed by atoms with E-state index in [2.05, 4.69) is 61.6 Å². The molecule has 0 spiro atoms. The van der Waals surface area contributed by atoms with Crippen LogP contribution in [0.1, 0.15) is 80.1 Å². The first-order valence-electron chi connectivity index (χ1n) is 14.7. The highest BCUT2D eigenvalue weighted by Crippen LogP contribution is 2.35. The Bertz CT molecular complexity index is 638. The van der Waals surface area contributed by atoms with Crippen LogP contribution in [0.2, 0.25) is 0 Å². The highest BCUT2D eigenvalue weighted by molar-refractivity contribution is 5.80. The maximum atomic E-state index is 12.6. The minimum atomic E-state index is -0.0684. The summed E-state index contributed by atoms with van der Waals surface area (Å²) < 4.78 is 12.2. The van der Waals surface area contributed by atoms with Crippen LogP contribution in [0.5, 0.6) is 0 Å². The van der Waals surface area contributed by atoms with Crippen molar-refractivity contribution < 1.29 is 14.3 Å². The van der Waals surface area contributed by atoms with Crippen molar-refractivity contribution in [2.24, 2.45) is 5.92 Å². The molecule has 36 heavy (non-hydrogen) atoms. The number of ketones is 1. The molecule has 7 heteroatoms. The second kappa shape index (κ2) is 14.0. The average Bonchev–Trinajstić information content (AvgIpc) is 2.76. The van der Waals surface area contributed by atoms with Gasteiger partial charge in [0.2, 0.25) is 0 Å². The van der Waals surface area contributed by atoms with E-state index in [1.807, 2.05) is 0 Å². The van der Waals surface area contributed by atoms with Gasteiger partial charge in [-0.3, -0.25) is 14.6 Å². The van der Waals surface area contributed by atoms with Gasteiger partial charge in [-0.25, -0.2) is 0 Å². The summed E-state index contributed by atoms with van der Waals surface area (Å²) in [5, 5.41) is 3.58. The normalized spacial score (nSPS) is 25.7. The van der Waals surface area contributed by atoms with Gasteiger partial charge in [-0.1, -0.05) is 0 Å². The van der Waals surface area contributed by atoms with Gasteiger partial charge in [0.05, 0.1) is 31.0 Å². The van der Waals surface area contributed by atoms with E-state index in [1.54, 1.807) is 0 Å². The average molecular weight is 509 g/mol. The second-order valence-corrected chi connectivity index (χ2v) is 13.5. The first-order chi connectivity index (χ1) is 16.9. The summed E-state index contributed by atoms with van der Waals surface area (Å²) in [5.74, 6) is 0.950. The first-order valence-corrected chi connectivity index (χ1v) is 14.7. The third kappa shape index (κ3) is 11.9. The van der Waals surface area contributed by atoms with Gasteiger partial charge in [0, 0.05) is 57.8 Å². The number of likely N-dealkylation sites (tertiary alicyclic amines) is 1. The smallest absolute Gasteiger partial charge is 0.147 e. The van der Waals surface area contributed by atoms with E-state index in [-0.39, 0.29) is 11.1 Å². The van der Waals surface area contributed by atoms with Crippen LogP contribution in [0, 0.1) is 5.92 Å². The fourth-order valence-electron chi connectivity index (χ4n) is 5.55. The standard InChI is InChI=1S/C29H56N4O3/c1-28(2,3)30-10-7-11-31-12-8-26(9-13-31)36-27-21-24(22-27)20-25(34)23-33-16-14-32(15-17-33)18-19-35-29(4,5)6/h24,26-27,30H,7-23H2,1-6H3. The Morgan fingerprint density at radius 3 is 2.06 bits per heavy atom. The van der Waals surface area contributed by atoms with Crippen LogP contribution >= 0.6 is 0 Å². The maximum Gasteiger partial charge on any atom is 0.147 e. The van der Waals surface area contributed by atoms with E-state index in [0.29, 0.717) is 30.5 Å². The lowest BCUT2D eigenvalue weighted by Crippen LogP contribution is -2.49. The summed E-state index contributed by atoms with van der Waals surface area (Å²) in [6.45, 7) is 24.0. The van der Waals surface area contributed by atoms with Crippen LogP contribution in [-0.4, -0.2) is 116 Å². The third-order valence-corrected chi connectivity index (χ3v) is 7.74. The van der Waals surface area contributed by atoms with Crippen molar-refractivity contribution in [2.45, 2.75) is 103 Å². The molecule has 3 aliphatic rings. The van der Waals surface area contributed by atoms with Crippen LogP contribution in [-0.2, 0) is 14.3 Å². The Morgan fingerprint density at radius 2 is 1.44 bits per heavy atom. The molecule has 2 aliphatic heterocycles. The lowest BCUT2D eigenvalue weighted by molar-refractivity contribution is -0.126.